The summed E-state index contributed by atoms with van der Waals surface area (Å²) in [6.45, 7) is 4.14. The molecule has 1 aromatic carbocycles. The molecular weight excluding hydrogens is 317 g/mol. The van der Waals surface area contributed by atoms with E-state index in [1.54, 1.807) is 18.2 Å². The SMILES string of the molecule is CC(C)c1cc(CCl)cc(Oc2cc(Cl)cc(Cl)c2)n1. The van der Waals surface area contributed by atoms with E-state index in [-0.39, 0.29) is 0 Å². The molecule has 0 spiro atoms. The summed E-state index contributed by atoms with van der Waals surface area (Å²) in [4.78, 5) is 4.47. The number of hydrogen-bond acceptors (Lipinski definition) is 2. The van der Waals surface area contributed by atoms with E-state index >= 15 is 0 Å². The van der Waals surface area contributed by atoms with Crippen LogP contribution in [0.5, 0.6) is 11.6 Å². The average Bonchev–Trinajstić information content (AvgIpc) is 2.36. The van der Waals surface area contributed by atoms with Gasteiger partial charge in [0.15, 0.2) is 0 Å². The highest BCUT2D eigenvalue weighted by atomic mass is 35.5. The molecule has 0 aliphatic heterocycles. The number of halogens is 3. The maximum Gasteiger partial charge on any atom is 0.219 e. The Kier molecular flexibility index (Phi) is 5.14. The molecule has 0 aliphatic carbocycles. The number of nitrogens with zero attached hydrogens (tertiary/aromatic N) is 1. The molecule has 0 saturated carbocycles. The van der Waals surface area contributed by atoms with Crippen molar-refractivity contribution in [3.05, 3.63) is 51.6 Å². The van der Waals surface area contributed by atoms with Crippen molar-refractivity contribution in [1.82, 2.24) is 4.98 Å². The fourth-order valence-corrected chi connectivity index (χ4v) is 2.38. The van der Waals surface area contributed by atoms with Gasteiger partial charge in [-0.2, -0.15) is 0 Å². The first-order valence-corrected chi connectivity index (χ1v) is 7.47. The van der Waals surface area contributed by atoms with Gasteiger partial charge in [0.25, 0.3) is 0 Å². The van der Waals surface area contributed by atoms with E-state index in [4.69, 9.17) is 39.5 Å². The minimum Gasteiger partial charge on any atom is -0.439 e. The second-order valence-electron chi connectivity index (χ2n) is 4.73. The van der Waals surface area contributed by atoms with Crippen LogP contribution in [0.25, 0.3) is 0 Å². The smallest absolute Gasteiger partial charge is 0.219 e. The third-order valence-corrected chi connectivity index (χ3v) is 3.43. The molecule has 1 heterocycles. The molecule has 106 valence electrons. The Labute approximate surface area is 133 Å². The lowest BCUT2D eigenvalue weighted by Crippen LogP contribution is -1.98. The van der Waals surface area contributed by atoms with Crippen molar-refractivity contribution in [2.75, 3.05) is 0 Å². The number of benzene rings is 1. The maximum absolute atomic E-state index is 5.95. The van der Waals surface area contributed by atoms with Crippen LogP contribution in [0.2, 0.25) is 10.0 Å². The van der Waals surface area contributed by atoms with Crippen molar-refractivity contribution >= 4 is 34.8 Å². The normalized spacial score (nSPS) is 10.9. The second-order valence-corrected chi connectivity index (χ2v) is 5.87. The fraction of sp³-hybridized carbons (Fsp3) is 0.267. The number of rotatable bonds is 4. The molecular formula is C15H14Cl3NO. The molecule has 2 aromatic rings. The Morgan fingerprint density at radius 2 is 1.70 bits per heavy atom. The molecule has 20 heavy (non-hydrogen) atoms. The summed E-state index contributed by atoms with van der Waals surface area (Å²) >= 11 is 17.8. The highest BCUT2D eigenvalue weighted by Gasteiger charge is 2.08. The lowest BCUT2D eigenvalue weighted by atomic mass is 10.1. The molecule has 0 amide bonds. The lowest BCUT2D eigenvalue weighted by molar-refractivity contribution is 0.459. The minimum absolute atomic E-state index is 0.295. The van der Waals surface area contributed by atoms with Gasteiger partial charge in [0.1, 0.15) is 5.75 Å². The first-order chi connectivity index (χ1) is 9.47. The van der Waals surface area contributed by atoms with Gasteiger partial charge in [0, 0.05) is 27.7 Å². The largest absolute Gasteiger partial charge is 0.439 e. The van der Waals surface area contributed by atoms with Crippen molar-refractivity contribution in [2.24, 2.45) is 0 Å². The topological polar surface area (TPSA) is 22.1 Å². The van der Waals surface area contributed by atoms with Crippen LogP contribution in [0.15, 0.2) is 30.3 Å². The van der Waals surface area contributed by atoms with Crippen LogP contribution in [0.4, 0.5) is 0 Å². The van der Waals surface area contributed by atoms with Gasteiger partial charge in [-0.1, -0.05) is 37.0 Å². The third-order valence-electron chi connectivity index (χ3n) is 2.69. The Hall–Kier alpha value is -0.960. The second kappa shape index (κ2) is 6.66. The van der Waals surface area contributed by atoms with Crippen molar-refractivity contribution in [3.8, 4) is 11.6 Å². The van der Waals surface area contributed by atoms with E-state index in [1.807, 2.05) is 12.1 Å². The predicted molar refractivity (Wildman–Crippen MR) is 84.4 cm³/mol. The van der Waals surface area contributed by atoms with Crippen LogP contribution in [0.3, 0.4) is 0 Å². The van der Waals surface area contributed by atoms with Gasteiger partial charge in [0.2, 0.25) is 5.88 Å². The van der Waals surface area contributed by atoms with Crippen LogP contribution >= 0.6 is 34.8 Å². The van der Waals surface area contributed by atoms with Gasteiger partial charge < -0.3 is 4.74 Å². The summed E-state index contributed by atoms with van der Waals surface area (Å²) < 4.78 is 5.73. The molecule has 0 atom stereocenters. The van der Waals surface area contributed by atoms with Crippen LogP contribution in [0.1, 0.15) is 31.0 Å². The minimum atomic E-state index is 0.295. The lowest BCUT2D eigenvalue weighted by Gasteiger charge is -2.11. The number of pyridine rings is 1. The van der Waals surface area contributed by atoms with Gasteiger partial charge >= 0.3 is 0 Å². The molecule has 0 saturated heterocycles. The number of hydrogen-bond donors (Lipinski definition) is 0. The number of aromatic nitrogens is 1. The van der Waals surface area contributed by atoms with E-state index in [9.17, 15) is 0 Å². The number of ether oxygens (including phenoxy) is 1. The summed E-state index contributed by atoms with van der Waals surface area (Å²) in [5.74, 6) is 1.75. The Bertz CT molecular complexity index is 594. The molecule has 2 nitrogen and oxygen atoms in total. The van der Waals surface area contributed by atoms with Gasteiger partial charge in [-0.15, -0.1) is 11.6 Å². The van der Waals surface area contributed by atoms with Gasteiger partial charge in [-0.25, -0.2) is 4.98 Å². The van der Waals surface area contributed by atoms with Crippen molar-refractivity contribution in [1.29, 1.82) is 0 Å². The van der Waals surface area contributed by atoms with E-state index in [1.165, 1.54) is 0 Å². The third kappa shape index (κ3) is 4.02. The van der Waals surface area contributed by atoms with Gasteiger partial charge in [-0.3, -0.25) is 0 Å². The van der Waals surface area contributed by atoms with E-state index < -0.39 is 0 Å². The monoisotopic (exact) mass is 329 g/mol. The predicted octanol–water partition coefficient (Wildman–Crippen LogP) is 6.04. The first-order valence-electron chi connectivity index (χ1n) is 6.18. The molecule has 1 aromatic heterocycles. The zero-order valence-electron chi connectivity index (χ0n) is 11.2. The van der Waals surface area contributed by atoms with Gasteiger partial charge in [0.05, 0.1) is 0 Å². The maximum atomic E-state index is 5.95. The molecule has 0 unspecified atom stereocenters. The summed E-state index contributed by atoms with van der Waals surface area (Å²) in [5, 5.41) is 1.04. The Morgan fingerprint density at radius 3 is 2.25 bits per heavy atom. The number of alkyl halides is 1. The summed E-state index contributed by atoms with van der Waals surface area (Å²) in [6.07, 6.45) is 0. The van der Waals surface area contributed by atoms with Crippen LogP contribution in [-0.2, 0) is 5.88 Å². The molecule has 5 heteroatoms. The summed E-state index contributed by atoms with van der Waals surface area (Å²) in [5.41, 5.74) is 1.90. The van der Waals surface area contributed by atoms with Gasteiger partial charge in [-0.05, 0) is 35.7 Å². The zero-order valence-corrected chi connectivity index (χ0v) is 13.4. The van der Waals surface area contributed by atoms with E-state index in [0.717, 1.165) is 11.3 Å². The highest BCUT2D eigenvalue weighted by molar-refractivity contribution is 6.34. The molecule has 0 bridgehead atoms. The van der Waals surface area contributed by atoms with Crippen molar-refractivity contribution < 1.29 is 4.74 Å². The zero-order chi connectivity index (χ0) is 14.7. The first kappa shape index (κ1) is 15.4. The quantitative estimate of drug-likeness (QED) is 0.637. The standard InChI is InChI=1S/C15H14Cl3NO/c1-9(2)14-3-10(8-16)4-15(19-14)20-13-6-11(17)5-12(18)7-13/h3-7,9H,8H2,1-2H3. The average molecular weight is 331 g/mol. The molecule has 0 aliphatic rings. The fourth-order valence-electron chi connectivity index (χ4n) is 1.72. The Morgan fingerprint density at radius 1 is 1.05 bits per heavy atom. The molecule has 0 radical (unpaired) electrons. The Balaban J connectivity index is 2.34. The molecule has 0 N–H and O–H groups in total. The van der Waals surface area contributed by atoms with Crippen LogP contribution < -0.4 is 4.74 Å². The van der Waals surface area contributed by atoms with Crippen molar-refractivity contribution in [3.63, 3.8) is 0 Å². The molecule has 2 rings (SSSR count). The van der Waals surface area contributed by atoms with Crippen molar-refractivity contribution in [2.45, 2.75) is 25.6 Å². The summed E-state index contributed by atoms with van der Waals surface area (Å²) in [6, 6.07) is 8.83. The van der Waals surface area contributed by atoms with E-state index in [2.05, 4.69) is 18.8 Å². The molecule has 0 fully saturated rings. The summed E-state index contributed by atoms with van der Waals surface area (Å²) in [7, 11) is 0. The highest BCUT2D eigenvalue weighted by Crippen LogP contribution is 2.29. The van der Waals surface area contributed by atoms with Crippen LogP contribution in [-0.4, -0.2) is 4.98 Å². The van der Waals surface area contributed by atoms with E-state index in [0.29, 0.717) is 33.5 Å². The van der Waals surface area contributed by atoms with Crippen LogP contribution in [0, 0.1) is 0 Å².